The van der Waals surface area contributed by atoms with E-state index in [0.717, 1.165) is 17.3 Å². The number of rotatable bonds is 5. The summed E-state index contributed by atoms with van der Waals surface area (Å²) >= 11 is 0. The Morgan fingerprint density at radius 1 is 1.36 bits per heavy atom. The van der Waals surface area contributed by atoms with Crippen LogP contribution in [0.4, 0.5) is 13.2 Å². The van der Waals surface area contributed by atoms with Gasteiger partial charge in [-0.25, -0.2) is 0 Å². The van der Waals surface area contributed by atoms with Crippen molar-refractivity contribution in [3.63, 3.8) is 0 Å². The molecule has 0 fully saturated rings. The van der Waals surface area contributed by atoms with E-state index < -0.39 is 29.6 Å². The zero-order valence-corrected chi connectivity index (χ0v) is 15.8. The van der Waals surface area contributed by atoms with Gasteiger partial charge in [0.25, 0.3) is 0 Å². The first kappa shape index (κ1) is 20.2. The van der Waals surface area contributed by atoms with E-state index in [4.69, 9.17) is 5.73 Å². The summed E-state index contributed by atoms with van der Waals surface area (Å²) in [4.78, 5) is 27.3. The number of benzene rings is 1. The molecule has 0 aliphatic heterocycles. The molecule has 0 saturated heterocycles. The molecule has 1 aromatic carbocycles. The number of fused-ring (bicyclic) bond motifs is 3. The second-order valence-electron chi connectivity index (χ2n) is 7.52. The van der Waals surface area contributed by atoms with Crippen LogP contribution >= 0.6 is 0 Å². The zero-order chi connectivity index (χ0) is 20.6. The first-order valence-electron chi connectivity index (χ1n) is 9.42. The molecule has 5 nitrogen and oxygen atoms in total. The number of aromatic amines is 1. The lowest BCUT2D eigenvalue weighted by Gasteiger charge is -2.26. The lowest BCUT2D eigenvalue weighted by Crippen LogP contribution is -2.50. The van der Waals surface area contributed by atoms with E-state index >= 15 is 0 Å². The van der Waals surface area contributed by atoms with Crippen LogP contribution in [-0.2, 0) is 28.6 Å². The van der Waals surface area contributed by atoms with Crippen molar-refractivity contribution in [2.75, 3.05) is 0 Å². The monoisotopic (exact) mass is 395 g/mol. The molecule has 1 aliphatic carbocycles. The largest absolute Gasteiger partial charge is 0.418 e. The normalized spacial score (nSPS) is 19.1. The number of nitrogens with two attached hydrogens (primary N) is 1. The number of amides is 2. The number of alkyl halides is 3. The third-order valence-corrected chi connectivity index (χ3v) is 5.72. The third-order valence-electron chi connectivity index (χ3n) is 5.72. The van der Waals surface area contributed by atoms with Crippen molar-refractivity contribution in [1.82, 2.24) is 10.3 Å². The van der Waals surface area contributed by atoms with Crippen LogP contribution in [0, 0.1) is 11.8 Å². The average molecular weight is 395 g/mol. The summed E-state index contributed by atoms with van der Waals surface area (Å²) in [6.07, 6.45) is -2.46. The molecule has 1 aliphatic rings. The van der Waals surface area contributed by atoms with Crippen molar-refractivity contribution in [3.8, 4) is 0 Å². The van der Waals surface area contributed by atoms with Gasteiger partial charge in [0, 0.05) is 17.0 Å². The van der Waals surface area contributed by atoms with Gasteiger partial charge in [-0.15, -0.1) is 0 Å². The van der Waals surface area contributed by atoms with Crippen LogP contribution < -0.4 is 11.1 Å². The number of primary amides is 1. The van der Waals surface area contributed by atoms with E-state index in [1.807, 2.05) is 13.8 Å². The summed E-state index contributed by atoms with van der Waals surface area (Å²) in [6, 6.07) is 3.33. The minimum absolute atomic E-state index is 0.0654. The maximum atomic E-state index is 13.3. The number of H-pyrrole nitrogens is 1. The lowest BCUT2D eigenvalue weighted by molar-refractivity contribution is -0.136. The van der Waals surface area contributed by atoms with Crippen LogP contribution in [0.2, 0.25) is 0 Å². The Bertz CT molecular complexity index is 904. The molecule has 1 heterocycles. The van der Waals surface area contributed by atoms with Gasteiger partial charge < -0.3 is 16.0 Å². The molecule has 0 radical (unpaired) electrons. The SMILES string of the molecule is CCC(C)[C@H](NC(=O)C1CCc2[nH]c3c(C(F)(F)F)cccc3c2C1)C(N)=O. The molecule has 1 aromatic heterocycles. The fourth-order valence-corrected chi connectivity index (χ4v) is 3.90. The molecule has 3 atom stereocenters. The highest BCUT2D eigenvalue weighted by molar-refractivity contribution is 5.91. The Kier molecular flexibility index (Phi) is 5.41. The van der Waals surface area contributed by atoms with E-state index in [0.29, 0.717) is 31.1 Å². The molecule has 2 amide bonds. The van der Waals surface area contributed by atoms with Crippen molar-refractivity contribution in [2.24, 2.45) is 17.6 Å². The lowest BCUT2D eigenvalue weighted by atomic mass is 9.85. The van der Waals surface area contributed by atoms with Gasteiger partial charge in [-0.3, -0.25) is 9.59 Å². The molecular weight excluding hydrogens is 371 g/mol. The maximum absolute atomic E-state index is 13.3. The Hall–Kier alpha value is -2.51. The van der Waals surface area contributed by atoms with Crippen molar-refractivity contribution < 1.29 is 22.8 Å². The van der Waals surface area contributed by atoms with E-state index in [1.54, 1.807) is 6.07 Å². The molecule has 2 unspecified atom stereocenters. The predicted octanol–water partition coefficient (Wildman–Crippen LogP) is 3.31. The molecule has 152 valence electrons. The summed E-state index contributed by atoms with van der Waals surface area (Å²) in [6.45, 7) is 3.75. The van der Waals surface area contributed by atoms with Gasteiger partial charge in [-0.05, 0) is 36.8 Å². The van der Waals surface area contributed by atoms with Crippen molar-refractivity contribution in [2.45, 2.75) is 51.7 Å². The molecular formula is C20H24F3N3O2. The van der Waals surface area contributed by atoms with Crippen LogP contribution in [0.5, 0.6) is 0 Å². The summed E-state index contributed by atoms with van der Waals surface area (Å²) in [5, 5.41) is 3.24. The molecule has 0 saturated carbocycles. The summed E-state index contributed by atoms with van der Waals surface area (Å²) in [7, 11) is 0. The Balaban J connectivity index is 1.86. The van der Waals surface area contributed by atoms with Gasteiger partial charge in [-0.2, -0.15) is 13.2 Å². The number of carbonyl (C=O) groups is 2. The first-order chi connectivity index (χ1) is 13.1. The van der Waals surface area contributed by atoms with Gasteiger partial charge in [0.2, 0.25) is 11.8 Å². The molecule has 0 spiro atoms. The molecule has 2 aromatic rings. The van der Waals surface area contributed by atoms with Gasteiger partial charge in [0.05, 0.1) is 11.1 Å². The summed E-state index contributed by atoms with van der Waals surface area (Å²) < 4.78 is 39.9. The van der Waals surface area contributed by atoms with Crippen LogP contribution in [0.1, 0.15) is 43.5 Å². The van der Waals surface area contributed by atoms with Crippen molar-refractivity contribution in [1.29, 1.82) is 0 Å². The number of para-hydroxylation sites is 1. The highest BCUT2D eigenvalue weighted by atomic mass is 19.4. The first-order valence-corrected chi connectivity index (χ1v) is 9.42. The Morgan fingerprint density at radius 3 is 2.68 bits per heavy atom. The van der Waals surface area contributed by atoms with Gasteiger partial charge in [-0.1, -0.05) is 32.4 Å². The second-order valence-corrected chi connectivity index (χ2v) is 7.52. The standard InChI is InChI=1S/C20H24F3N3O2/c1-3-10(2)16(18(24)27)26-19(28)11-7-8-15-13(9-11)12-5-4-6-14(17(12)25-15)20(21,22)23/h4-6,10-11,16,25H,3,7-9H2,1-2H3,(H2,24,27)(H,26,28)/t10?,11?,16-/m0/s1. The summed E-state index contributed by atoms with van der Waals surface area (Å²) in [5.74, 6) is -1.37. The Labute approximate surface area is 160 Å². The smallest absolute Gasteiger partial charge is 0.368 e. The quantitative estimate of drug-likeness (QED) is 0.725. The van der Waals surface area contributed by atoms with E-state index in [1.165, 1.54) is 6.07 Å². The number of carbonyl (C=O) groups excluding carboxylic acids is 2. The number of aryl methyl sites for hydroxylation is 1. The van der Waals surface area contributed by atoms with Gasteiger partial charge >= 0.3 is 6.18 Å². The van der Waals surface area contributed by atoms with Crippen LogP contribution in [0.25, 0.3) is 10.9 Å². The number of hydrogen-bond acceptors (Lipinski definition) is 2. The topological polar surface area (TPSA) is 88.0 Å². The van der Waals surface area contributed by atoms with Crippen LogP contribution in [-0.4, -0.2) is 22.8 Å². The highest BCUT2D eigenvalue weighted by Crippen LogP contribution is 2.39. The molecule has 0 bridgehead atoms. The van der Waals surface area contributed by atoms with E-state index in [9.17, 15) is 22.8 Å². The average Bonchev–Trinajstić information content (AvgIpc) is 3.01. The van der Waals surface area contributed by atoms with Crippen molar-refractivity contribution >= 4 is 22.7 Å². The maximum Gasteiger partial charge on any atom is 0.418 e. The van der Waals surface area contributed by atoms with Crippen LogP contribution in [0.15, 0.2) is 18.2 Å². The summed E-state index contributed by atoms with van der Waals surface area (Å²) in [5.41, 5.74) is 6.26. The van der Waals surface area contributed by atoms with Crippen molar-refractivity contribution in [3.05, 3.63) is 35.0 Å². The fraction of sp³-hybridized carbons (Fsp3) is 0.500. The third kappa shape index (κ3) is 3.72. The Morgan fingerprint density at radius 2 is 2.07 bits per heavy atom. The van der Waals surface area contributed by atoms with E-state index in [2.05, 4.69) is 10.3 Å². The number of hydrogen-bond donors (Lipinski definition) is 3. The number of nitrogens with one attached hydrogen (secondary N) is 2. The van der Waals surface area contributed by atoms with Gasteiger partial charge in [0.1, 0.15) is 6.04 Å². The molecule has 28 heavy (non-hydrogen) atoms. The zero-order valence-electron chi connectivity index (χ0n) is 15.8. The number of aromatic nitrogens is 1. The molecule has 4 N–H and O–H groups in total. The van der Waals surface area contributed by atoms with E-state index in [-0.39, 0.29) is 17.3 Å². The van der Waals surface area contributed by atoms with Crippen LogP contribution in [0.3, 0.4) is 0 Å². The predicted molar refractivity (Wildman–Crippen MR) is 99.4 cm³/mol. The highest BCUT2D eigenvalue weighted by Gasteiger charge is 2.36. The fourth-order valence-electron chi connectivity index (χ4n) is 3.90. The number of halogens is 3. The molecule has 3 rings (SSSR count). The second kappa shape index (κ2) is 7.48. The minimum Gasteiger partial charge on any atom is -0.368 e. The minimum atomic E-state index is -4.45. The van der Waals surface area contributed by atoms with Gasteiger partial charge in [0.15, 0.2) is 0 Å². The molecule has 8 heteroatoms.